The van der Waals surface area contributed by atoms with Crippen LogP contribution in [0.5, 0.6) is 5.75 Å². The van der Waals surface area contributed by atoms with Gasteiger partial charge in [0.15, 0.2) is 12.4 Å². The van der Waals surface area contributed by atoms with Crippen LogP contribution >= 0.6 is 0 Å². The lowest BCUT2D eigenvalue weighted by Gasteiger charge is -2.08. The Morgan fingerprint density at radius 2 is 1.76 bits per heavy atom. The zero-order chi connectivity index (χ0) is 18.6. The van der Waals surface area contributed by atoms with Crippen LogP contribution in [0.4, 0.5) is 5.69 Å². The summed E-state index contributed by atoms with van der Waals surface area (Å²) >= 11 is 0. The normalized spacial score (nSPS) is 11.0. The number of carbonyl (C=O) groups is 2. The van der Waals surface area contributed by atoms with Crippen LogP contribution in [0.3, 0.4) is 0 Å². The molecule has 0 saturated heterocycles. The van der Waals surface area contributed by atoms with Crippen molar-refractivity contribution in [3.8, 4) is 5.75 Å². The first kappa shape index (κ1) is 18.5. The number of esters is 1. The molecule has 0 heterocycles. The third-order valence-corrected chi connectivity index (χ3v) is 3.91. The summed E-state index contributed by atoms with van der Waals surface area (Å²) in [5, 5.41) is 9.83. The van der Waals surface area contributed by atoms with E-state index in [1.807, 2.05) is 0 Å². The highest BCUT2D eigenvalue weighted by molar-refractivity contribution is 7.92. The molecular weight excluding hydrogens is 346 g/mol. The zero-order valence-corrected chi connectivity index (χ0v) is 14.5. The first-order valence-corrected chi connectivity index (χ1v) is 9.13. The first-order valence-electron chi connectivity index (χ1n) is 7.24. The van der Waals surface area contributed by atoms with Gasteiger partial charge in [-0.15, -0.1) is 0 Å². The lowest BCUT2D eigenvalue weighted by Crippen LogP contribution is -2.15. The van der Waals surface area contributed by atoms with E-state index < -0.39 is 28.4 Å². The topological polar surface area (TPSA) is 110 Å². The molecule has 0 amide bonds. The molecule has 2 aromatic carbocycles. The predicted octanol–water partition coefficient (Wildman–Crippen LogP) is 2.11. The largest absolute Gasteiger partial charge is 0.507 e. The Kier molecular flexibility index (Phi) is 5.43. The standard InChI is InChI=1S/C17H17NO6S/c1-11-4-3-5-14(16(11)20)17(21)24-10-15(19)12-6-8-13(9-7-12)18-25(2,22)23/h3-9,18,20H,10H2,1-2H3. The van der Waals surface area contributed by atoms with E-state index in [9.17, 15) is 23.1 Å². The van der Waals surface area contributed by atoms with Crippen molar-refractivity contribution < 1.29 is 27.9 Å². The van der Waals surface area contributed by atoms with Gasteiger partial charge in [-0.2, -0.15) is 0 Å². The number of hydrogen-bond acceptors (Lipinski definition) is 6. The molecule has 0 aliphatic carbocycles. The summed E-state index contributed by atoms with van der Waals surface area (Å²) in [5.41, 5.74) is 1.09. The van der Waals surface area contributed by atoms with Crippen molar-refractivity contribution >= 4 is 27.5 Å². The highest BCUT2D eigenvalue weighted by atomic mass is 32.2. The van der Waals surface area contributed by atoms with Gasteiger partial charge in [-0.05, 0) is 42.8 Å². The number of ether oxygens (including phenoxy) is 1. The Morgan fingerprint density at radius 1 is 1.12 bits per heavy atom. The molecule has 0 spiro atoms. The minimum atomic E-state index is -3.40. The molecule has 0 fully saturated rings. The number of hydrogen-bond donors (Lipinski definition) is 2. The molecular formula is C17H17NO6S. The molecule has 0 unspecified atom stereocenters. The second kappa shape index (κ2) is 7.35. The number of para-hydroxylation sites is 1. The van der Waals surface area contributed by atoms with Gasteiger partial charge in [0, 0.05) is 11.3 Å². The third kappa shape index (κ3) is 5.05. The second-order valence-electron chi connectivity index (χ2n) is 5.42. The minimum Gasteiger partial charge on any atom is -0.507 e. The van der Waals surface area contributed by atoms with Crippen LogP contribution in [0, 0.1) is 6.92 Å². The monoisotopic (exact) mass is 363 g/mol. The van der Waals surface area contributed by atoms with Crippen molar-refractivity contribution in [2.45, 2.75) is 6.92 Å². The van der Waals surface area contributed by atoms with E-state index >= 15 is 0 Å². The van der Waals surface area contributed by atoms with Gasteiger partial charge >= 0.3 is 5.97 Å². The van der Waals surface area contributed by atoms with Crippen molar-refractivity contribution in [2.24, 2.45) is 0 Å². The van der Waals surface area contributed by atoms with Gasteiger partial charge in [-0.3, -0.25) is 9.52 Å². The predicted molar refractivity (Wildman–Crippen MR) is 92.4 cm³/mol. The maximum Gasteiger partial charge on any atom is 0.342 e. The zero-order valence-electron chi connectivity index (χ0n) is 13.6. The number of nitrogens with one attached hydrogen (secondary N) is 1. The van der Waals surface area contributed by atoms with E-state index in [1.165, 1.54) is 30.3 Å². The number of Topliss-reactive ketones (excluding diaryl/α,β-unsaturated/α-hetero) is 1. The van der Waals surface area contributed by atoms with E-state index in [0.29, 0.717) is 11.3 Å². The molecule has 2 N–H and O–H groups in total. The van der Waals surface area contributed by atoms with Gasteiger partial charge in [0.2, 0.25) is 10.0 Å². The van der Waals surface area contributed by atoms with Gasteiger partial charge in [-0.25, -0.2) is 13.2 Å². The molecule has 0 radical (unpaired) electrons. The number of aromatic hydroxyl groups is 1. The summed E-state index contributed by atoms with van der Waals surface area (Å²) in [4.78, 5) is 24.0. The number of aryl methyl sites for hydroxylation is 1. The number of anilines is 1. The third-order valence-electron chi connectivity index (χ3n) is 3.30. The van der Waals surface area contributed by atoms with E-state index in [1.54, 1.807) is 19.1 Å². The van der Waals surface area contributed by atoms with Gasteiger partial charge in [-0.1, -0.05) is 12.1 Å². The van der Waals surface area contributed by atoms with Crippen molar-refractivity contribution in [2.75, 3.05) is 17.6 Å². The summed E-state index contributed by atoms with van der Waals surface area (Å²) in [5.74, 6) is -1.44. The van der Waals surface area contributed by atoms with Crippen LogP contribution in [-0.2, 0) is 14.8 Å². The van der Waals surface area contributed by atoms with E-state index in [0.717, 1.165) is 6.26 Å². The minimum absolute atomic E-state index is 0.0134. The Balaban J connectivity index is 2.00. The van der Waals surface area contributed by atoms with Gasteiger partial charge in [0.25, 0.3) is 0 Å². The molecule has 0 aliphatic heterocycles. The molecule has 7 nitrogen and oxygen atoms in total. The Labute approximate surface area is 145 Å². The van der Waals surface area contributed by atoms with Gasteiger partial charge < -0.3 is 9.84 Å². The van der Waals surface area contributed by atoms with Crippen molar-refractivity contribution in [3.63, 3.8) is 0 Å². The van der Waals surface area contributed by atoms with Crippen LogP contribution in [0.15, 0.2) is 42.5 Å². The molecule has 0 aromatic heterocycles. The van der Waals surface area contributed by atoms with Crippen LogP contribution in [-0.4, -0.2) is 38.1 Å². The number of sulfonamides is 1. The Morgan fingerprint density at radius 3 is 2.36 bits per heavy atom. The maximum atomic E-state index is 12.1. The molecule has 0 atom stereocenters. The fourth-order valence-corrected chi connectivity index (χ4v) is 2.62. The molecule has 25 heavy (non-hydrogen) atoms. The number of carbonyl (C=O) groups excluding carboxylic acids is 2. The van der Waals surface area contributed by atoms with E-state index in [2.05, 4.69) is 4.72 Å². The highest BCUT2D eigenvalue weighted by Gasteiger charge is 2.16. The molecule has 132 valence electrons. The van der Waals surface area contributed by atoms with Crippen LogP contribution in [0.25, 0.3) is 0 Å². The van der Waals surface area contributed by atoms with E-state index in [4.69, 9.17) is 4.74 Å². The Bertz CT molecular complexity index is 903. The molecule has 8 heteroatoms. The van der Waals surface area contributed by atoms with Crippen molar-refractivity contribution in [3.05, 3.63) is 59.2 Å². The summed E-state index contributed by atoms with van der Waals surface area (Å²) < 4.78 is 29.5. The smallest absolute Gasteiger partial charge is 0.342 e. The first-order chi connectivity index (χ1) is 11.7. The average Bonchev–Trinajstić information content (AvgIpc) is 2.54. The van der Waals surface area contributed by atoms with Crippen LogP contribution in [0.1, 0.15) is 26.3 Å². The summed E-state index contributed by atoms with van der Waals surface area (Å²) in [6, 6.07) is 10.4. The van der Waals surface area contributed by atoms with Crippen LogP contribution < -0.4 is 4.72 Å². The summed E-state index contributed by atoms with van der Waals surface area (Å²) in [6.45, 7) is 1.15. The molecule has 0 bridgehead atoms. The lowest BCUT2D eigenvalue weighted by molar-refractivity contribution is 0.0471. The SMILES string of the molecule is Cc1cccc(C(=O)OCC(=O)c2ccc(NS(C)(=O)=O)cc2)c1O. The van der Waals surface area contributed by atoms with E-state index in [-0.39, 0.29) is 16.9 Å². The number of phenolic OH excluding ortho intramolecular Hbond substituents is 1. The van der Waals surface area contributed by atoms with Crippen molar-refractivity contribution in [1.29, 1.82) is 0 Å². The van der Waals surface area contributed by atoms with Crippen molar-refractivity contribution in [1.82, 2.24) is 0 Å². The maximum absolute atomic E-state index is 12.1. The fraction of sp³-hybridized carbons (Fsp3) is 0.176. The fourth-order valence-electron chi connectivity index (χ4n) is 2.05. The molecule has 2 rings (SSSR count). The number of phenols is 1. The van der Waals surface area contributed by atoms with Crippen LogP contribution in [0.2, 0.25) is 0 Å². The second-order valence-corrected chi connectivity index (χ2v) is 7.17. The number of benzene rings is 2. The average molecular weight is 363 g/mol. The van der Waals surface area contributed by atoms with Gasteiger partial charge in [0.1, 0.15) is 11.3 Å². The lowest BCUT2D eigenvalue weighted by atomic mass is 10.1. The number of ketones is 1. The number of rotatable bonds is 6. The Hall–Kier alpha value is -2.87. The molecule has 2 aromatic rings. The summed E-state index contributed by atoms with van der Waals surface area (Å²) in [6.07, 6.45) is 1.02. The molecule has 0 aliphatic rings. The van der Waals surface area contributed by atoms with Gasteiger partial charge in [0.05, 0.1) is 6.26 Å². The molecule has 0 saturated carbocycles. The summed E-state index contributed by atoms with van der Waals surface area (Å²) in [7, 11) is -3.40. The highest BCUT2D eigenvalue weighted by Crippen LogP contribution is 2.22. The quantitative estimate of drug-likeness (QED) is 0.601.